The topological polar surface area (TPSA) is 26.3 Å². The summed E-state index contributed by atoms with van der Waals surface area (Å²) < 4.78 is 44.6. The molecule has 0 aromatic heterocycles. The first-order valence-corrected chi connectivity index (χ1v) is 6.76. The number of ether oxygens (including phenoxy) is 1. The van der Waals surface area contributed by atoms with E-state index in [0.717, 1.165) is 18.7 Å². The van der Waals surface area contributed by atoms with E-state index in [2.05, 4.69) is 4.74 Å². The number of methoxy groups -OCH3 is 1. The number of benzene rings is 2. The maximum atomic E-state index is 13.4. The normalized spacial score (nSPS) is 11.3. The Labute approximate surface area is 126 Å². The smallest absolute Gasteiger partial charge is 0.417 e. The zero-order valence-electron chi connectivity index (χ0n) is 12.2. The summed E-state index contributed by atoms with van der Waals surface area (Å²) in [5, 5.41) is 0. The molecule has 0 amide bonds. The van der Waals surface area contributed by atoms with Crippen LogP contribution < -0.4 is 0 Å². The van der Waals surface area contributed by atoms with Crippen LogP contribution in [-0.4, -0.2) is 13.1 Å². The van der Waals surface area contributed by atoms with E-state index in [0.29, 0.717) is 12.0 Å². The van der Waals surface area contributed by atoms with Crippen molar-refractivity contribution in [3.05, 3.63) is 59.2 Å². The molecule has 0 saturated carbocycles. The van der Waals surface area contributed by atoms with Gasteiger partial charge in [-0.25, -0.2) is 4.79 Å². The van der Waals surface area contributed by atoms with Gasteiger partial charge in [0.25, 0.3) is 0 Å². The Morgan fingerprint density at radius 2 is 1.77 bits per heavy atom. The lowest BCUT2D eigenvalue weighted by Gasteiger charge is -2.16. The third-order valence-electron chi connectivity index (χ3n) is 3.43. The van der Waals surface area contributed by atoms with Gasteiger partial charge in [-0.3, -0.25) is 0 Å². The molecule has 2 nitrogen and oxygen atoms in total. The number of hydrogen-bond acceptors (Lipinski definition) is 2. The molecule has 0 spiro atoms. The van der Waals surface area contributed by atoms with Gasteiger partial charge in [0.15, 0.2) is 0 Å². The van der Waals surface area contributed by atoms with E-state index >= 15 is 0 Å². The average molecular weight is 308 g/mol. The molecule has 0 atom stereocenters. The molecule has 0 heterocycles. The molecule has 22 heavy (non-hydrogen) atoms. The maximum Gasteiger partial charge on any atom is 0.417 e. The molecule has 0 radical (unpaired) electrons. The van der Waals surface area contributed by atoms with Crippen molar-refractivity contribution < 1.29 is 22.7 Å². The van der Waals surface area contributed by atoms with Crippen molar-refractivity contribution in [1.29, 1.82) is 0 Å². The minimum Gasteiger partial charge on any atom is -0.465 e. The molecular formula is C17H15F3O2. The van der Waals surface area contributed by atoms with Crippen LogP contribution in [0.2, 0.25) is 0 Å². The maximum absolute atomic E-state index is 13.4. The van der Waals surface area contributed by atoms with Crippen molar-refractivity contribution >= 4 is 5.97 Å². The van der Waals surface area contributed by atoms with E-state index < -0.39 is 17.7 Å². The highest BCUT2D eigenvalue weighted by Gasteiger charge is 2.34. The van der Waals surface area contributed by atoms with Gasteiger partial charge in [-0.15, -0.1) is 0 Å². The van der Waals surface area contributed by atoms with Gasteiger partial charge in [-0.1, -0.05) is 37.3 Å². The third kappa shape index (κ3) is 3.13. The molecule has 0 unspecified atom stereocenters. The molecular weight excluding hydrogens is 293 g/mol. The molecule has 5 heteroatoms. The first-order chi connectivity index (χ1) is 10.4. The van der Waals surface area contributed by atoms with Gasteiger partial charge in [-0.05, 0) is 35.2 Å². The predicted molar refractivity (Wildman–Crippen MR) is 77.6 cm³/mol. The van der Waals surface area contributed by atoms with E-state index in [1.807, 2.05) is 6.92 Å². The fourth-order valence-corrected chi connectivity index (χ4v) is 2.35. The van der Waals surface area contributed by atoms with E-state index in [9.17, 15) is 18.0 Å². The van der Waals surface area contributed by atoms with Crippen LogP contribution >= 0.6 is 0 Å². The van der Waals surface area contributed by atoms with Crippen molar-refractivity contribution in [2.24, 2.45) is 0 Å². The van der Waals surface area contributed by atoms with Crippen molar-refractivity contribution in [3.8, 4) is 11.1 Å². The van der Waals surface area contributed by atoms with E-state index in [1.54, 1.807) is 24.3 Å². The number of carbonyl (C=O) groups excluding carboxylic acids is 1. The summed E-state index contributed by atoms with van der Waals surface area (Å²) in [6.45, 7) is 1.88. The molecule has 0 aliphatic heterocycles. The van der Waals surface area contributed by atoms with Crippen molar-refractivity contribution in [3.63, 3.8) is 0 Å². The third-order valence-corrected chi connectivity index (χ3v) is 3.43. The van der Waals surface area contributed by atoms with Gasteiger partial charge in [0.1, 0.15) is 0 Å². The summed E-state index contributed by atoms with van der Waals surface area (Å²) in [5.41, 5.74) is 0.453. The summed E-state index contributed by atoms with van der Waals surface area (Å²) in [6, 6.07) is 10.5. The Balaban J connectivity index is 2.68. The minimum absolute atomic E-state index is 0.0672. The fourth-order valence-electron chi connectivity index (χ4n) is 2.35. The van der Waals surface area contributed by atoms with Gasteiger partial charge in [0.2, 0.25) is 0 Å². The van der Waals surface area contributed by atoms with Crippen LogP contribution in [0.1, 0.15) is 28.4 Å². The summed E-state index contributed by atoms with van der Waals surface area (Å²) in [5.74, 6) is -0.791. The van der Waals surface area contributed by atoms with E-state index in [1.165, 1.54) is 12.1 Å². The summed E-state index contributed by atoms with van der Waals surface area (Å²) in [6.07, 6.45) is -3.94. The zero-order valence-corrected chi connectivity index (χ0v) is 12.2. The number of esters is 1. The summed E-state index contributed by atoms with van der Waals surface area (Å²) in [7, 11) is 1.13. The van der Waals surface area contributed by atoms with Crippen LogP contribution in [-0.2, 0) is 17.3 Å². The number of halogens is 3. The van der Waals surface area contributed by atoms with Crippen LogP contribution in [0.5, 0.6) is 0 Å². The molecule has 2 aromatic carbocycles. The first kappa shape index (κ1) is 16.1. The molecule has 2 rings (SSSR count). The lowest BCUT2D eigenvalue weighted by Crippen LogP contribution is -2.11. The summed E-state index contributed by atoms with van der Waals surface area (Å²) in [4.78, 5) is 11.5. The molecule has 0 bridgehead atoms. The minimum atomic E-state index is -4.56. The van der Waals surface area contributed by atoms with Crippen LogP contribution in [0.4, 0.5) is 13.2 Å². The van der Waals surface area contributed by atoms with Crippen molar-refractivity contribution in [2.75, 3.05) is 7.11 Å². The molecule has 0 saturated heterocycles. The highest BCUT2D eigenvalue weighted by atomic mass is 19.4. The van der Waals surface area contributed by atoms with Gasteiger partial charge in [0.05, 0.1) is 18.2 Å². The lowest BCUT2D eigenvalue weighted by molar-refractivity contribution is -0.137. The highest BCUT2D eigenvalue weighted by molar-refractivity contribution is 5.90. The van der Waals surface area contributed by atoms with Gasteiger partial charge in [-0.2, -0.15) is 13.2 Å². The Kier molecular flexibility index (Phi) is 4.54. The number of carbonyl (C=O) groups is 1. The lowest BCUT2D eigenvalue weighted by atomic mass is 9.92. The van der Waals surface area contributed by atoms with Crippen LogP contribution in [0, 0.1) is 0 Å². The zero-order chi connectivity index (χ0) is 16.3. The second-order valence-corrected chi connectivity index (χ2v) is 4.76. The number of alkyl halides is 3. The molecule has 0 fully saturated rings. The van der Waals surface area contributed by atoms with Crippen LogP contribution in [0.15, 0.2) is 42.5 Å². The number of rotatable bonds is 3. The van der Waals surface area contributed by atoms with Crippen molar-refractivity contribution in [1.82, 2.24) is 0 Å². The second-order valence-electron chi connectivity index (χ2n) is 4.76. The largest absolute Gasteiger partial charge is 0.465 e. The molecule has 0 N–H and O–H groups in total. The predicted octanol–water partition coefficient (Wildman–Crippen LogP) is 4.72. The highest BCUT2D eigenvalue weighted by Crippen LogP contribution is 2.39. The van der Waals surface area contributed by atoms with E-state index in [-0.39, 0.29) is 11.1 Å². The average Bonchev–Trinajstić information content (AvgIpc) is 2.52. The SMILES string of the molecule is CCc1ccccc1-c1ccc(C(=O)OC)cc1C(F)(F)F. The Hall–Kier alpha value is -2.30. The first-order valence-electron chi connectivity index (χ1n) is 6.76. The standard InChI is InChI=1S/C17H15F3O2/c1-3-11-6-4-5-7-13(11)14-9-8-12(16(21)22-2)10-15(14)17(18,19)20/h4-10H,3H2,1-2H3. The fraction of sp³-hybridized carbons (Fsp3) is 0.235. The van der Waals surface area contributed by atoms with E-state index in [4.69, 9.17) is 0 Å². The van der Waals surface area contributed by atoms with Crippen LogP contribution in [0.25, 0.3) is 11.1 Å². The monoisotopic (exact) mass is 308 g/mol. The van der Waals surface area contributed by atoms with Crippen LogP contribution in [0.3, 0.4) is 0 Å². The molecule has 2 aromatic rings. The Morgan fingerprint density at radius 1 is 1.09 bits per heavy atom. The Morgan fingerprint density at radius 3 is 2.36 bits per heavy atom. The summed E-state index contributed by atoms with van der Waals surface area (Å²) >= 11 is 0. The second kappa shape index (κ2) is 6.22. The Bertz CT molecular complexity index is 691. The molecule has 0 aliphatic rings. The van der Waals surface area contributed by atoms with Crippen molar-refractivity contribution in [2.45, 2.75) is 19.5 Å². The van der Waals surface area contributed by atoms with Gasteiger partial charge in [0, 0.05) is 0 Å². The molecule has 116 valence electrons. The number of hydrogen-bond donors (Lipinski definition) is 0. The van der Waals surface area contributed by atoms with Gasteiger partial charge < -0.3 is 4.74 Å². The quantitative estimate of drug-likeness (QED) is 0.767. The van der Waals surface area contributed by atoms with Gasteiger partial charge >= 0.3 is 12.1 Å². The number of aryl methyl sites for hydroxylation is 1. The molecule has 0 aliphatic carbocycles.